The van der Waals surface area contributed by atoms with Gasteiger partial charge in [0.15, 0.2) is 0 Å². The first kappa shape index (κ1) is 9.01. The van der Waals surface area contributed by atoms with Crippen molar-refractivity contribution in [2.75, 3.05) is 6.54 Å². The number of nitrogens with two attached hydrogens (primary N) is 1. The van der Waals surface area contributed by atoms with E-state index in [9.17, 15) is 0 Å². The van der Waals surface area contributed by atoms with Gasteiger partial charge in [0.05, 0.1) is 0 Å². The van der Waals surface area contributed by atoms with Crippen LogP contribution >= 0.6 is 0 Å². The molecular weight excluding hydrogens is 136 g/mol. The highest BCUT2D eigenvalue weighted by Gasteiger charge is 2.27. The summed E-state index contributed by atoms with van der Waals surface area (Å²) in [7, 11) is 0. The molecule has 3 atom stereocenters. The second-order valence-electron chi connectivity index (χ2n) is 3.94. The van der Waals surface area contributed by atoms with Gasteiger partial charge in [0.1, 0.15) is 0 Å². The van der Waals surface area contributed by atoms with E-state index < -0.39 is 0 Å². The zero-order valence-electron chi connectivity index (χ0n) is 7.88. The van der Waals surface area contributed by atoms with Crippen LogP contribution in [0.2, 0.25) is 0 Å². The van der Waals surface area contributed by atoms with Crippen LogP contribution in [0.15, 0.2) is 0 Å². The molecule has 1 aliphatic heterocycles. The minimum Gasteiger partial charge on any atom is -0.328 e. The van der Waals surface area contributed by atoms with E-state index in [0.29, 0.717) is 12.1 Å². The van der Waals surface area contributed by atoms with E-state index >= 15 is 0 Å². The Morgan fingerprint density at radius 3 is 2.45 bits per heavy atom. The van der Waals surface area contributed by atoms with Crippen LogP contribution in [0.3, 0.4) is 0 Å². The van der Waals surface area contributed by atoms with Crippen LogP contribution in [0.1, 0.15) is 33.6 Å². The lowest BCUT2D eigenvalue weighted by Gasteiger charge is -2.43. The van der Waals surface area contributed by atoms with E-state index in [1.807, 2.05) is 0 Å². The number of hydrogen-bond donors (Lipinski definition) is 1. The summed E-state index contributed by atoms with van der Waals surface area (Å²) in [5.74, 6) is 0. The molecule has 1 fully saturated rings. The lowest BCUT2D eigenvalue weighted by Crippen LogP contribution is -2.51. The third kappa shape index (κ3) is 2.17. The molecule has 0 aromatic heterocycles. The van der Waals surface area contributed by atoms with Crippen molar-refractivity contribution >= 4 is 0 Å². The highest BCUT2D eigenvalue weighted by molar-refractivity contribution is 4.84. The molecule has 2 nitrogen and oxygen atoms in total. The van der Waals surface area contributed by atoms with Gasteiger partial charge in [-0.25, -0.2) is 0 Å². The summed E-state index contributed by atoms with van der Waals surface area (Å²) in [6.45, 7) is 7.93. The van der Waals surface area contributed by atoms with Crippen LogP contribution < -0.4 is 5.73 Å². The maximum atomic E-state index is 5.73. The van der Waals surface area contributed by atoms with Crippen molar-refractivity contribution in [3.05, 3.63) is 0 Å². The normalized spacial score (nSPS) is 31.1. The monoisotopic (exact) mass is 156 g/mol. The highest BCUT2D eigenvalue weighted by atomic mass is 15.2. The smallest absolute Gasteiger partial charge is 0.00843 e. The Bertz CT molecular complexity index is 123. The predicted octanol–water partition coefficient (Wildman–Crippen LogP) is 1.21. The Morgan fingerprint density at radius 2 is 2.18 bits per heavy atom. The van der Waals surface area contributed by atoms with Gasteiger partial charge in [-0.3, -0.25) is 4.90 Å². The van der Waals surface area contributed by atoms with Crippen molar-refractivity contribution in [2.45, 2.75) is 51.7 Å². The standard InChI is InChI=1S/C9H20N2/c1-7(10)6-9(3)11-5-4-8(11)2/h7-9H,4-6,10H2,1-3H3. The summed E-state index contributed by atoms with van der Waals surface area (Å²) in [6, 6.07) is 1.82. The van der Waals surface area contributed by atoms with Crippen molar-refractivity contribution in [3.8, 4) is 0 Å². The van der Waals surface area contributed by atoms with E-state index in [4.69, 9.17) is 5.73 Å². The lowest BCUT2D eigenvalue weighted by atomic mass is 9.99. The Kier molecular flexibility index (Phi) is 2.90. The molecule has 0 spiro atoms. The zero-order chi connectivity index (χ0) is 8.43. The van der Waals surface area contributed by atoms with Crippen molar-refractivity contribution in [1.82, 2.24) is 4.90 Å². The molecule has 0 aliphatic carbocycles. The van der Waals surface area contributed by atoms with E-state index in [1.165, 1.54) is 13.0 Å². The first-order valence-electron chi connectivity index (χ1n) is 4.62. The summed E-state index contributed by atoms with van der Waals surface area (Å²) >= 11 is 0. The van der Waals surface area contributed by atoms with Crippen molar-refractivity contribution < 1.29 is 0 Å². The van der Waals surface area contributed by atoms with Gasteiger partial charge in [0, 0.05) is 24.7 Å². The average molecular weight is 156 g/mol. The number of likely N-dealkylation sites (tertiary alicyclic amines) is 1. The molecule has 66 valence electrons. The molecule has 1 aliphatic rings. The van der Waals surface area contributed by atoms with E-state index in [2.05, 4.69) is 25.7 Å². The quantitative estimate of drug-likeness (QED) is 0.665. The third-order valence-electron chi connectivity index (χ3n) is 2.65. The molecular formula is C9H20N2. The topological polar surface area (TPSA) is 29.3 Å². The van der Waals surface area contributed by atoms with Gasteiger partial charge in [-0.2, -0.15) is 0 Å². The molecule has 0 aromatic rings. The molecule has 1 heterocycles. The lowest BCUT2D eigenvalue weighted by molar-refractivity contribution is 0.0545. The fraction of sp³-hybridized carbons (Fsp3) is 1.00. The molecule has 0 saturated carbocycles. The summed E-state index contributed by atoms with van der Waals surface area (Å²) in [5, 5.41) is 0. The molecule has 2 heteroatoms. The summed E-state index contributed by atoms with van der Waals surface area (Å²) in [5.41, 5.74) is 5.73. The van der Waals surface area contributed by atoms with Crippen molar-refractivity contribution in [3.63, 3.8) is 0 Å². The van der Waals surface area contributed by atoms with Crippen molar-refractivity contribution in [2.24, 2.45) is 5.73 Å². The number of hydrogen-bond acceptors (Lipinski definition) is 2. The molecule has 11 heavy (non-hydrogen) atoms. The minimum atomic E-state index is 0.345. The van der Waals surface area contributed by atoms with Gasteiger partial charge in [0.25, 0.3) is 0 Å². The van der Waals surface area contributed by atoms with Crippen LogP contribution in [0.25, 0.3) is 0 Å². The second kappa shape index (κ2) is 3.55. The molecule has 0 radical (unpaired) electrons. The summed E-state index contributed by atoms with van der Waals surface area (Å²) < 4.78 is 0. The van der Waals surface area contributed by atoms with Crippen LogP contribution in [0.4, 0.5) is 0 Å². The predicted molar refractivity (Wildman–Crippen MR) is 48.5 cm³/mol. The van der Waals surface area contributed by atoms with Gasteiger partial charge >= 0.3 is 0 Å². The third-order valence-corrected chi connectivity index (χ3v) is 2.65. The molecule has 3 unspecified atom stereocenters. The molecule has 0 aromatic carbocycles. The number of rotatable bonds is 3. The largest absolute Gasteiger partial charge is 0.328 e. The van der Waals surface area contributed by atoms with Crippen molar-refractivity contribution in [1.29, 1.82) is 0 Å². The highest BCUT2D eigenvalue weighted by Crippen LogP contribution is 2.21. The van der Waals surface area contributed by atoms with Gasteiger partial charge in [0.2, 0.25) is 0 Å². The zero-order valence-corrected chi connectivity index (χ0v) is 7.88. The Labute approximate surface area is 69.8 Å². The first-order valence-corrected chi connectivity index (χ1v) is 4.62. The molecule has 2 N–H and O–H groups in total. The SMILES string of the molecule is CC(N)CC(C)N1CCC1C. The molecule has 1 saturated heterocycles. The average Bonchev–Trinajstić information content (AvgIpc) is 1.82. The van der Waals surface area contributed by atoms with Gasteiger partial charge in [-0.05, 0) is 33.6 Å². The number of nitrogens with zero attached hydrogens (tertiary/aromatic N) is 1. The minimum absolute atomic E-state index is 0.345. The summed E-state index contributed by atoms with van der Waals surface area (Å²) in [4.78, 5) is 2.53. The fourth-order valence-electron chi connectivity index (χ4n) is 1.86. The van der Waals surface area contributed by atoms with Gasteiger partial charge in [-0.1, -0.05) is 0 Å². The fourth-order valence-corrected chi connectivity index (χ4v) is 1.86. The molecule has 1 rings (SSSR count). The van der Waals surface area contributed by atoms with Crippen LogP contribution in [0.5, 0.6) is 0 Å². The van der Waals surface area contributed by atoms with E-state index in [1.54, 1.807) is 0 Å². The van der Waals surface area contributed by atoms with Crippen LogP contribution in [-0.4, -0.2) is 29.6 Å². The van der Waals surface area contributed by atoms with Gasteiger partial charge < -0.3 is 5.73 Å². The Hall–Kier alpha value is -0.0800. The first-order chi connectivity index (χ1) is 5.11. The van der Waals surface area contributed by atoms with Gasteiger partial charge in [-0.15, -0.1) is 0 Å². The summed E-state index contributed by atoms with van der Waals surface area (Å²) in [6.07, 6.45) is 2.49. The van der Waals surface area contributed by atoms with E-state index in [0.717, 1.165) is 12.5 Å². The maximum Gasteiger partial charge on any atom is 0.00843 e. The molecule has 0 bridgehead atoms. The Balaban J connectivity index is 2.24. The molecule has 0 amide bonds. The Morgan fingerprint density at radius 1 is 1.55 bits per heavy atom. The maximum absolute atomic E-state index is 5.73. The van der Waals surface area contributed by atoms with Crippen LogP contribution in [0, 0.1) is 0 Å². The van der Waals surface area contributed by atoms with E-state index in [-0.39, 0.29) is 0 Å². The van der Waals surface area contributed by atoms with Crippen LogP contribution in [-0.2, 0) is 0 Å². The second-order valence-corrected chi connectivity index (χ2v) is 3.94.